The Morgan fingerprint density at radius 2 is 2.04 bits per heavy atom. The highest BCUT2D eigenvalue weighted by molar-refractivity contribution is 7.89. The van der Waals surface area contributed by atoms with Crippen molar-refractivity contribution in [3.05, 3.63) is 53.2 Å². The van der Waals surface area contributed by atoms with Crippen LogP contribution in [0.2, 0.25) is 0 Å². The number of sulfonamides is 1. The number of carbonyl (C=O) groups is 1. The number of fused-ring (bicyclic) bond motifs is 1. The van der Waals surface area contributed by atoms with Gasteiger partial charge >= 0.3 is 0 Å². The second-order valence-corrected chi connectivity index (χ2v) is 7.61. The maximum atomic E-state index is 12.8. The van der Waals surface area contributed by atoms with Gasteiger partial charge in [-0.15, -0.1) is 0 Å². The molecule has 0 aliphatic carbocycles. The molecule has 0 radical (unpaired) electrons. The fraction of sp³-hybridized carbons (Fsp3) is 0.294. The lowest BCUT2D eigenvalue weighted by molar-refractivity contribution is 0.0734. The van der Waals surface area contributed by atoms with E-state index in [2.05, 4.69) is 15.0 Å². The second-order valence-electron chi connectivity index (χ2n) is 5.76. The molecule has 0 unspecified atom stereocenters. The molecular formula is C17H20N4O3S. The summed E-state index contributed by atoms with van der Waals surface area (Å²) in [6.07, 6.45) is 2.09. The largest absolute Gasteiger partial charge is 0.373 e. The quantitative estimate of drug-likeness (QED) is 0.856. The fourth-order valence-electron chi connectivity index (χ4n) is 2.99. The van der Waals surface area contributed by atoms with Gasteiger partial charge in [0.25, 0.3) is 5.91 Å². The maximum absolute atomic E-state index is 12.8. The number of hydrogen-bond donors (Lipinski definition) is 2. The van der Waals surface area contributed by atoms with E-state index in [0.29, 0.717) is 35.8 Å². The third-order valence-corrected chi connectivity index (χ3v) is 5.83. The van der Waals surface area contributed by atoms with Crippen LogP contribution in [0.3, 0.4) is 0 Å². The molecule has 1 aromatic heterocycles. The van der Waals surface area contributed by atoms with Gasteiger partial charge in [-0.2, -0.15) is 0 Å². The van der Waals surface area contributed by atoms with Crippen LogP contribution in [0.1, 0.15) is 21.5 Å². The van der Waals surface area contributed by atoms with Crippen molar-refractivity contribution < 1.29 is 13.2 Å². The molecule has 132 valence electrons. The number of nitrogens with one attached hydrogen (secondary N) is 2. The summed E-state index contributed by atoms with van der Waals surface area (Å²) in [5.74, 6) is 0.539. The molecule has 0 saturated heterocycles. The molecule has 0 spiro atoms. The first-order chi connectivity index (χ1) is 12.0. The van der Waals surface area contributed by atoms with Crippen molar-refractivity contribution in [1.82, 2.24) is 14.6 Å². The van der Waals surface area contributed by atoms with Gasteiger partial charge in [-0.3, -0.25) is 4.79 Å². The lowest BCUT2D eigenvalue weighted by atomic mass is 9.99. The van der Waals surface area contributed by atoms with Crippen molar-refractivity contribution in [2.75, 3.05) is 26.0 Å². The second kappa shape index (κ2) is 6.81. The molecule has 1 amide bonds. The molecule has 8 heteroatoms. The van der Waals surface area contributed by atoms with Gasteiger partial charge < -0.3 is 10.2 Å². The van der Waals surface area contributed by atoms with Gasteiger partial charge in [0.2, 0.25) is 10.0 Å². The Kier molecular flexibility index (Phi) is 4.73. The van der Waals surface area contributed by atoms with Crippen LogP contribution in [-0.4, -0.2) is 44.8 Å². The van der Waals surface area contributed by atoms with Crippen LogP contribution in [-0.2, 0) is 23.0 Å². The Bertz CT molecular complexity index is 912. The summed E-state index contributed by atoms with van der Waals surface area (Å²) in [6, 6.07) is 8.57. The van der Waals surface area contributed by atoms with Crippen LogP contribution >= 0.6 is 0 Å². The molecule has 1 aliphatic rings. The Morgan fingerprint density at radius 3 is 2.76 bits per heavy atom. The summed E-state index contributed by atoms with van der Waals surface area (Å²) in [7, 11) is -0.362. The van der Waals surface area contributed by atoms with Crippen LogP contribution in [0.4, 0.5) is 5.82 Å². The molecule has 0 atom stereocenters. The number of hydrogen-bond acceptors (Lipinski definition) is 5. The lowest BCUT2D eigenvalue weighted by Gasteiger charge is -2.30. The number of anilines is 1. The van der Waals surface area contributed by atoms with Crippen LogP contribution in [0, 0.1) is 0 Å². The normalized spacial score (nSPS) is 14.1. The molecule has 2 heterocycles. The van der Waals surface area contributed by atoms with Crippen molar-refractivity contribution in [1.29, 1.82) is 0 Å². The van der Waals surface area contributed by atoms with E-state index in [4.69, 9.17) is 0 Å². The minimum Gasteiger partial charge on any atom is -0.373 e. The van der Waals surface area contributed by atoms with Crippen molar-refractivity contribution >= 4 is 21.7 Å². The molecule has 1 aromatic carbocycles. The highest BCUT2D eigenvalue weighted by Crippen LogP contribution is 2.26. The number of pyridine rings is 1. The molecular weight excluding hydrogens is 340 g/mol. The van der Waals surface area contributed by atoms with E-state index >= 15 is 0 Å². The van der Waals surface area contributed by atoms with E-state index in [1.165, 1.54) is 7.05 Å². The zero-order valence-corrected chi connectivity index (χ0v) is 14.9. The molecule has 0 saturated carbocycles. The van der Waals surface area contributed by atoms with Gasteiger partial charge in [-0.05, 0) is 42.8 Å². The molecule has 7 nitrogen and oxygen atoms in total. The number of benzene rings is 1. The van der Waals surface area contributed by atoms with Crippen LogP contribution in [0.15, 0.2) is 41.4 Å². The number of carbonyl (C=O) groups excluding carboxylic acids is 1. The topological polar surface area (TPSA) is 91.4 Å². The highest BCUT2D eigenvalue weighted by atomic mass is 32.2. The minimum atomic E-state index is -3.51. The third kappa shape index (κ3) is 3.35. The van der Waals surface area contributed by atoms with Crippen molar-refractivity contribution in [2.45, 2.75) is 17.9 Å². The molecule has 25 heavy (non-hydrogen) atoms. The summed E-state index contributed by atoms with van der Waals surface area (Å²) in [5, 5.41) is 2.92. The number of aromatic nitrogens is 1. The average molecular weight is 360 g/mol. The first-order valence-corrected chi connectivity index (χ1v) is 9.42. The van der Waals surface area contributed by atoms with E-state index in [1.807, 2.05) is 6.07 Å². The molecule has 0 fully saturated rings. The van der Waals surface area contributed by atoms with Crippen LogP contribution in [0.5, 0.6) is 0 Å². The molecule has 1 aliphatic heterocycles. The predicted molar refractivity (Wildman–Crippen MR) is 94.9 cm³/mol. The van der Waals surface area contributed by atoms with E-state index in [-0.39, 0.29) is 5.91 Å². The molecule has 2 aromatic rings. The first kappa shape index (κ1) is 17.4. The lowest BCUT2D eigenvalue weighted by Crippen LogP contribution is -2.37. The Labute approximate surface area is 147 Å². The summed E-state index contributed by atoms with van der Waals surface area (Å²) in [5.41, 5.74) is 2.20. The Morgan fingerprint density at radius 1 is 1.24 bits per heavy atom. The number of rotatable bonds is 4. The predicted octanol–water partition coefficient (Wildman–Crippen LogP) is 1.23. The maximum Gasteiger partial charge on any atom is 0.254 e. The SMILES string of the molecule is CNc1cc(C(=O)N2CCc3c(cccc3S(=O)(=O)NC)C2)ccn1. The van der Waals surface area contributed by atoms with E-state index in [0.717, 1.165) is 11.1 Å². The Balaban J connectivity index is 1.89. The molecule has 2 N–H and O–H groups in total. The van der Waals surface area contributed by atoms with Gasteiger partial charge in [0.15, 0.2) is 0 Å². The third-order valence-electron chi connectivity index (χ3n) is 4.33. The van der Waals surface area contributed by atoms with Gasteiger partial charge in [-0.25, -0.2) is 18.1 Å². The molecule has 0 bridgehead atoms. The average Bonchev–Trinajstić information content (AvgIpc) is 2.66. The summed E-state index contributed by atoms with van der Waals surface area (Å²) in [4.78, 5) is 18.9. The smallest absolute Gasteiger partial charge is 0.254 e. The van der Waals surface area contributed by atoms with E-state index in [9.17, 15) is 13.2 Å². The van der Waals surface area contributed by atoms with Gasteiger partial charge in [0.05, 0.1) is 4.90 Å². The molecule has 3 rings (SSSR count). The number of nitrogens with zero attached hydrogens (tertiary/aromatic N) is 2. The standard InChI is InChI=1S/C17H20N4O3S/c1-18-16-10-12(6-8-20-16)17(22)21-9-7-14-13(11-21)4-3-5-15(14)25(23,24)19-2/h3-6,8,10,19H,7,9,11H2,1-2H3,(H,18,20). The van der Waals surface area contributed by atoms with Crippen LogP contribution in [0.25, 0.3) is 0 Å². The zero-order valence-electron chi connectivity index (χ0n) is 14.1. The minimum absolute atomic E-state index is 0.0913. The van der Waals surface area contributed by atoms with Crippen LogP contribution < -0.4 is 10.0 Å². The number of amides is 1. The Hall–Kier alpha value is -2.45. The van der Waals surface area contributed by atoms with Gasteiger partial charge in [-0.1, -0.05) is 12.1 Å². The summed E-state index contributed by atoms with van der Waals surface area (Å²) in [6.45, 7) is 0.859. The van der Waals surface area contributed by atoms with Crippen molar-refractivity contribution in [2.24, 2.45) is 0 Å². The monoisotopic (exact) mass is 360 g/mol. The first-order valence-electron chi connectivity index (χ1n) is 7.93. The fourth-order valence-corrected chi connectivity index (χ4v) is 4.03. The van der Waals surface area contributed by atoms with Crippen molar-refractivity contribution in [3.63, 3.8) is 0 Å². The summed E-state index contributed by atoms with van der Waals surface area (Å²) >= 11 is 0. The van der Waals surface area contributed by atoms with E-state index in [1.54, 1.807) is 42.4 Å². The van der Waals surface area contributed by atoms with Gasteiger partial charge in [0.1, 0.15) is 5.82 Å². The summed E-state index contributed by atoms with van der Waals surface area (Å²) < 4.78 is 26.7. The zero-order chi connectivity index (χ0) is 18.0. The van der Waals surface area contributed by atoms with E-state index < -0.39 is 10.0 Å². The highest BCUT2D eigenvalue weighted by Gasteiger charge is 2.26. The van der Waals surface area contributed by atoms with Crippen molar-refractivity contribution in [3.8, 4) is 0 Å². The van der Waals surface area contributed by atoms with Gasteiger partial charge in [0, 0.05) is 31.9 Å².